The molecule has 0 aliphatic carbocycles. The minimum atomic E-state index is -0.256. The van der Waals surface area contributed by atoms with Gasteiger partial charge in [0, 0.05) is 19.0 Å². The second kappa shape index (κ2) is 7.49. The number of likely N-dealkylation sites (tertiary alicyclic amines) is 1. The number of nitrogens with zero attached hydrogens (tertiary/aromatic N) is 1. The molecule has 0 atom stereocenters. The predicted octanol–water partition coefficient (Wildman–Crippen LogP) is 2.08. The van der Waals surface area contributed by atoms with Crippen molar-refractivity contribution in [1.29, 1.82) is 0 Å². The number of nitrogens with two attached hydrogens (primary N) is 1. The van der Waals surface area contributed by atoms with Gasteiger partial charge < -0.3 is 15.4 Å². The molecule has 0 bridgehead atoms. The summed E-state index contributed by atoms with van der Waals surface area (Å²) < 4.78 is 5.38. The molecule has 0 spiro atoms. The van der Waals surface area contributed by atoms with E-state index in [1.165, 1.54) is 0 Å². The zero-order valence-corrected chi connectivity index (χ0v) is 14.2. The molecule has 1 fully saturated rings. The van der Waals surface area contributed by atoms with E-state index >= 15 is 0 Å². The van der Waals surface area contributed by atoms with Crippen LogP contribution in [0.5, 0.6) is 5.75 Å². The van der Waals surface area contributed by atoms with Gasteiger partial charge in [-0.3, -0.25) is 9.59 Å². The van der Waals surface area contributed by atoms with Crippen molar-refractivity contribution in [3.63, 3.8) is 0 Å². The van der Waals surface area contributed by atoms with Gasteiger partial charge in [-0.25, -0.2) is 0 Å². The number of piperidine rings is 1. The van der Waals surface area contributed by atoms with Crippen LogP contribution in [0.2, 0.25) is 0 Å². The molecule has 0 radical (unpaired) electrons. The minimum Gasteiger partial charge on any atom is -0.496 e. The van der Waals surface area contributed by atoms with E-state index in [0.29, 0.717) is 38.3 Å². The lowest BCUT2D eigenvalue weighted by Gasteiger charge is -2.30. The first-order valence-corrected chi connectivity index (χ1v) is 8.16. The lowest BCUT2D eigenvalue weighted by atomic mass is 9.95. The molecule has 126 valence electrons. The molecule has 0 aromatic heterocycles. The van der Waals surface area contributed by atoms with Crippen LogP contribution in [0, 0.1) is 5.92 Å². The number of hydrogen-bond donors (Lipinski definition) is 1. The van der Waals surface area contributed by atoms with E-state index in [0.717, 1.165) is 16.9 Å². The average Bonchev–Trinajstić information content (AvgIpc) is 2.54. The smallest absolute Gasteiger partial charge is 0.226 e. The summed E-state index contributed by atoms with van der Waals surface area (Å²) >= 11 is 0. The van der Waals surface area contributed by atoms with Crippen molar-refractivity contribution in [2.45, 2.75) is 39.0 Å². The average molecular weight is 318 g/mol. The third-order valence-corrected chi connectivity index (χ3v) is 4.52. The maximum Gasteiger partial charge on any atom is 0.226 e. The number of hydrogen-bond acceptors (Lipinski definition) is 3. The number of rotatable bonds is 5. The molecule has 1 aromatic carbocycles. The molecule has 5 heteroatoms. The van der Waals surface area contributed by atoms with Gasteiger partial charge in [0.25, 0.3) is 0 Å². The van der Waals surface area contributed by atoms with E-state index in [4.69, 9.17) is 10.5 Å². The van der Waals surface area contributed by atoms with Crippen LogP contribution in [-0.4, -0.2) is 36.9 Å². The van der Waals surface area contributed by atoms with Gasteiger partial charge in [0.05, 0.1) is 13.5 Å². The second-order valence-electron chi connectivity index (χ2n) is 6.47. The minimum absolute atomic E-state index is 0.0902. The largest absolute Gasteiger partial charge is 0.496 e. The molecule has 1 saturated heterocycles. The van der Waals surface area contributed by atoms with Crippen molar-refractivity contribution in [3.8, 4) is 5.75 Å². The summed E-state index contributed by atoms with van der Waals surface area (Å²) in [5.41, 5.74) is 7.44. The molecule has 0 unspecified atom stereocenters. The van der Waals surface area contributed by atoms with Crippen LogP contribution < -0.4 is 10.5 Å². The highest BCUT2D eigenvalue weighted by Gasteiger charge is 2.25. The maximum atomic E-state index is 12.5. The van der Waals surface area contributed by atoms with Crippen LogP contribution >= 0.6 is 0 Å². The van der Waals surface area contributed by atoms with E-state index < -0.39 is 0 Å². The van der Waals surface area contributed by atoms with E-state index in [2.05, 4.69) is 19.9 Å². The number of carbonyl (C=O) groups is 2. The highest BCUT2D eigenvalue weighted by atomic mass is 16.5. The number of methoxy groups -OCH3 is 1. The van der Waals surface area contributed by atoms with Gasteiger partial charge in [0.2, 0.25) is 11.8 Å². The fourth-order valence-electron chi connectivity index (χ4n) is 3.04. The predicted molar refractivity (Wildman–Crippen MR) is 89.3 cm³/mol. The summed E-state index contributed by atoms with van der Waals surface area (Å²) in [5, 5.41) is 0. The molecule has 1 aliphatic rings. The molecule has 2 rings (SSSR count). The molecule has 23 heavy (non-hydrogen) atoms. The highest BCUT2D eigenvalue weighted by molar-refractivity contribution is 5.80. The highest BCUT2D eigenvalue weighted by Crippen LogP contribution is 2.27. The first-order chi connectivity index (χ1) is 10.9. The van der Waals surface area contributed by atoms with Crippen molar-refractivity contribution >= 4 is 11.8 Å². The maximum absolute atomic E-state index is 12.5. The van der Waals surface area contributed by atoms with Gasteiger partial charge in [-0.15, -0.1) is 0 Å². The topological polar surface area (TPSA) is 72.6 Å². The summed E-state index contributed by atoms with van der Waals surface area (Å²) in [6.07, 6.45) is 1.72. The Morgan fingerprint density at radius 3 is 2.48 bits per heavy atom. The first-order valence-electron chi connectivity index (χ1n) is 8.16. The Bertz CT molecular complexity index is 576. The summed E-state index contributed by atoms with van der Waals surface area (Å²) in [7, 11) is 1.66. The quantitative estimate of drug-likeness (QED) is 0.903. The molecule has 1 heterocycles. The zero-order chi connectivity index (χ0) is 17.0. The number of carbonyl (C=O) groups excluding carboxylic acids is 2. The van der Waals surface area contributed by atoms with E-state index in [1.54, 1.807) is 7.11 Å². The lowest BCUT2D eigenvalue weighted by Crippen LogP contribution is -2.42. The number of ether oxygens (including phenoxy) is 1. The van der Waals surface area contributed by atoms with Gasteiger partial charge in [0.15, 0.2) is 0 Å². The normalized spacial score (nSPS) is 15.7. The van der Waals surface area contributed by atoms with Crippen molar-refractivity contribution in [1.82, 2.24) is 4.90 Å². The van der Waals surface area contributed by atoms with E-state index in [1.807, 2.05) is 17.0 Å². The van der Waals surface area contributed by atoms with Crippen LogP contribution in [0.1, 0.15) is 43.7 Å². The Morgan fingerprint density at radius 2 is 1.96 bits per heavy atom. The molecular weight excluding hydrogens is 292 g/mol. The number of benzene rings is 1. The van der Waals surface area contributed by atoms with Crippen molar-refractivity contribution < 1.29 is 14.3 Å². The number of amides is 2. The van der Waals surface area contributed by atoms with Crippen molar-refractivity contribution in [3.05, 3.63) is 29.3 Å². The van der Waals surface area contributed by atoms with Gasteiger partial charge >= 0.3 is 0 Å². The fourth-order valence-corrected chi connectivity index (χ4v) is 3.04. The molecule has 1 aromatic rings. The molecule has 2 amide bonds. The summed E-state index contributed by atoms with van der Waals surface area (Å²) in [6, 6.07) is 5.92. The Hall–Kier alpha value is -2.04. The monoisotopic (exact) mass is 318 g/mol. The third-order valence-electron chi connectivity index (χ3n) is 4.52. The van der Waals surface area contributed by atoms with Crippen LogP contribution in [0.3, 0.4) is 0 Å². The summed E-state index contributed by atoms with van der Waals surface area (Å²) in [4.78, 5) is 25.5. The SMILES string of the molecule is COc1ccc(CC(=O)N2CCC(C(N)=O)CC2)cc1C(C)C. The van der Waals surface area contributed by atoms with E-state index in [9.17, 15) is 9.59 Å². The van der Waals surface area contributed by atoms with Crippen LogP contribution in [0.15, 0.2) is 18.2 Å². The lowest BCUT2D eigenvalue weighted by molar-refractivity contribution is -0.134. The third kappa shape index (κ3) is 4.24. The van der Waals surface area contributed by atoms with Crippen molar-refractivity contribution in [2.75, 3.05) is 20.2 Å². The Labute approximate surface area is 137 Å². The van der Waals surface area contributed by atoms with Gasteiger partial charge in [-0.05, 0) is 36.0 Å². The van der Waals surface area contributed by atoms with Crippen LogP contribution in [-0.2, 0) is 16.0 Å². The van der Waals surface area contributed by atoms with Crippen LogP contribution in [0.25, 0.3) is 0 Å². The van der Waals surface area contributed by atoms with Gasteiger partial charge in [-0.2, -0.15) is 0 Å². The number of primary amides is 1. The fraction of sp³-hybridized carbons (Fsp3) is 0.556. The van der Waals surface area contributed by atoms with Gasteiger partial charge in [-0.1, -0.05) is 26.0 Å². The standard InChI is InChI=1S/C18H26N2O3/c1-12(2)15-10-13(4-5-16(15)23-3)11-17(21)20-8-6-14(7-9-20)18(19)22/h4-5,10,12,14H,6-9,11H2,1-3H3,(H2,19,22). The zero-order valence-electron chi connectivity index (χ0n) is 14.2. The second-order valence-corrected chi connectivity index (χ2v) is 6.47. The van der Waals surface area contributed by atoms with E-state index in [-0.39, 0.29) is 17.7 Å². The Morgan fingerprint density at radius 1 is 1.30 bits per heavy atom. The Kier molecular flexibility index (Phi) is 5.64. The molecule has 5 nitrogen and oxygen atoms in total. The first kappa shape index (κ1) is 17.3. The summed E-state index contributed by atoms with van der Waals surface area (Å²) in [5.74, 6) is 0.957. The molecule has 0 saturated carbocycles. The van der Waals surface area contributed by atoms with Crippen molar-refractivity contribution in [2.24, 2.45) is 11.7 Å². The molecular formula is C18H26N2O3. The summed E-state index contributed by atoms with van der Waals surface area (Å²) in [6.45, 7) is 5.44. The molecule has 1 aliphatic heterocycles. The van der Waals surface area contributed by atoms with Crippen LogP contribution in [0.4, 0.5) is 0 Å². The molecule has 2 N–H and O–H groups in total. The van der Waals surface area contributed by atoms with Gasteiger partial charge in [0.1, 0.15) is 5.75 Å². The Balaban J connectivity index is 2.01.